The summed E-state index contributed by atoms with van der Waals surface area (Å²) in [5.74, 6) is 2.91. The molecule has 0 aromatic heterocycles. The van der Waals surface area contributed by atoms with Crippen molar-refractivity contribution in [2.75, 3.05) is 0 Å². The van der Waals surface area contributed by atoms with E-state index in [-0.39, 0.29) is 0 Å². The molecule has 2 saturated carbocycles. The second-order valence-corrected chi connectivity index (χ2v) is 8.23. The Labute approximate surface area is 148 Å². The molecule has 0 amide bonds. The zero-order valence-corrected chi connectivity index (χ0v) is 15.4. The highest BCUT2D eigenvalue weighted by Crippen LogP contribution is 2.41. The second-order valence-electron chi connectivity index (χ2n) is 8.23. The minimum absolute atomic E-state index is 0.365. The van der Waals surface area contributed by atoms with E-state index in [1.165, 1.54) is 63.4 Å². The zero-order chi connectivity index (χ0) is 16.8. The molecule has 3 rings (SSSR count). The van der Waals surface area contributed by atoms with Gasteiger partial charge in [-0.3, -0.25) is 4.79 Å². The summed E-state index contributed by atoms with van der Waals surface area (Å²) in [4.78, 5) is 12.9. The third-order valence-electron chi connectivity index (χ3n) is 6.56. The van der Waals surface area contributed by atoms with E-state index in [0.717, 1.165) is 18.8 Å². The highest BCUT2D eigenvalue weighted by Gasteiger charge is 2.35. The van der Waals surface area contributed by atoms with Crippen molar-refractivity contribution in [3.05, 3.63) is 35.9 Å². The first kappa shape index (κ1) is 17.7. The predicted molar refractivity (Wildman–Crippen MR) is 101 cm³/mol. The Bertz CT molecular complexity index is 498. The smallest absolute Gasteiger partial charge is 0.139 e. The van der Waals surface area contributed by atoms with E-state index in [9.17, 15) is 4.79 Å². The highest BCUT2D eigenvalue weighted by atomic mass is 16.1. The zero-order valence-electron chi connectivity index (χ0n) is 15.4. The van der Waals surface area contributed by atoms with E-state index in [4.69, 9.17) is 0 Å². The van der Waals surface area contributed by atoms with Gasteiger partial charge < -0.3 is 0 Å². The molecule has 1 aromatic rings. The summed E-state index contributed by atoms with van der Waals surface area (Å²) in [7, 11) is 0. The molecule has 0 heterocycles. The van der Waals surface area contributed by atoms with E-state index in [2.05, 4.69) is 37.3 Å². The first-order valence-electron chi connectivity index (χ1n) is 10.4. The molecule has 2 aliphatic rings. The quantitative estimate of drug-likeness (QED) is 0.521. The van der Waals surface area contributed by atoms with Crippen molar-refractivity contribution in [2.45, 2.75) is 83.5 Å². The van der Waals surface area contributed by atoms with E-state index in [0.29, 0.717) is 23.5 Å². The molecule has 0 unspecified atom stereocenters. The van der Waals surface area contributed by atoms with Crippen LogP contribution in [0.4, 0.5) is 0 Å². The molecule has 1 heteroatoms. The van der Waals surface area contributed by atoms with Gasteiger partial charge in [0.25, 0.3) is 0 Å². The molecule has 0 aliphatic heterocycles. The van der Waals surface area contributed by atoms with Crippen LogP contribution < -0.4 is 0 Å². The number of hydrogen-bond donors (Lipinski definition) is 0. The van der Waals surface area contributed by atoms with Crippen molar-refractivity contribution in [3.8, 4) is 0 Å². The highest BCUT2D eigenvalue weighted by molar-refractivity contribution is 5.83. The van der Waals surface area contributed by atoms with Crippen LogP contribution >= 0.6 is 0 Å². The molecule has 2 atom stereocenters. The number of rotatable bonds is 7. The summed E-state index contributed by atoms with van der Waals surface area (Å²) >= 11 is 0. The number of carbonyl (C=O) groups excluding carboxylic acids is 1. The van der Waals surface area contributed by atoms with Gasteiger partial charge in [-0.15, -0.1) is 0 Å². The molecule has 0 saturated heterocycles. The molecule has 1 aromatic carbocycles. The van der Waals surface area contributed by atoms with Crippen LogP contribution in [-0.4, -0.2) is 5.78 Å². The topological polar surface area (TPSA) is 17.1 Å². The van der Waals surface area contributed by atoms with Crippen molar-refractivity contribution in [1.82, 2.24) is 0 Å². The number of Topliss-reactive ketones (excluding diaryl/α,β-unsaturated/α-hetero) is 1. The molecule has 2 aliphatic carbocycles. The Hall–Kier alpha value is -1.11. The molecule has 132 valence electrons. The van der Waals surface area contributed by atoms with Crippen LogP contribution in [0.5, 0.6) is 0 Å². The maximum absolute atomic E-state index is 12.9. The summed E-state index contributed by atoms with van der Waals surface area (Å²) in [6.07, 6.45) is 13.7. The van der Waals surface area contributed by atoms with Crippen molar-refractivity contribution < 1.29 is 4.79 Å². The lowest BCUT2D eigenvalue weighted by molar-refractivity contribution is -0.127. The molecule has 1 nitrogen and oxygen atoms in total. The van der Waals surface area contributed by atoms with Gasteiger partial charge in [0, 0.05) is 11.8 Å². The molecule has 0 bridgehead atoms. The van der Waals surface area contributed by atoms with Gasteiger partial charge in [0.1, 0.15) is 5.78 Å². The Balaban J connectivity index is 1.44. The number of benzene rings is 1. The molecule has 24 heavy (non-hydrogen) atoms. The molecular formula is C23H34O. The van der Waals surface area contributed by atoms with E-state index >= 15 is 0 Å². The van der Waals surface area contributed by atoms with Crippen LogP contribution in [0.1, 0.15) is 89.0 Å². The van der Waals surface area contributed by atoms with Gasteiger partial charge in [-0.25, -0.2) is 0 Å². The SMILES string of the molecule is CCCCC[C@H]1CC[C@H](C(=O)C2CCC(c3ccccc3)CC2)C1. The fourth-order valence-electron chi connectivity index (χ4n) is 5.05. The summed E-state index contributed by atoms with van der Waals surface area (Å²) in [5, 5.41) is 0. The normalized spacial score (nSPS) is 30.4. The van der Waals surface area contributed by atoms with Gasteiger partial charge >= 0.3 is 0 Å². The third kappa shape index (κ3) is 4.49. The number of unbranched alkanes of at least 4 members (excludes halogenated alkanes) is 2. The Morgan fingerprint density at radius 2 is 1.62 bits per heavy atom. The molecular weight excluding hydrogens is 292 g/mol. The lowest BCUT2D eigenvalue weighted by Gasteiger charge is -2.29. The van der Waals surface area contributed by atoms with Gasteiger partial charge in [-0.1, -0.05) is 62.9 Å². The fourth-order valence-corrected chi connectivity index (χ4v) is 5.05. The fraction of sp³-hybridized carbons (Fsp3) is 0.696. The summed E-state index contributed by atoms with van der Waals surface area (Å²) in [5.41, 5.74) is 1.47. The van der Waals surface area contributed by atoms with Crippen LogP contribution in [0.3, 0.4) is 0 Å². The third-order valence-corrected chi connectivity index (χ3v) is 6.56. The van der Waals surface area contributed by atoms with Crippen LogP contribution in [0.15, 0.2) is 30.3 Å². The molecule has 0 N–H and O–H groups in total. The molecule has 0 spiro atoms. The summed E-state index contributed by atoms with van der Waals surface area (Å²) in [6, 6.07) is 10.9. The van der Waals surface area contributed by atoms with E-state index in [1.54, 1.807) is 0 Å². The van der Waals surface area contributed by atoms with Gasteiger partial charge in [0.05, 0.1) is 0 Å². The van der Waals surface area contributed by atoms with Gasteiger partial charge in [0.15, 0.2) is 0 Å². The minimum Gasteiger partial charge on any atom is -0.299 e. The average Bonchev–Trinajstić information content (AvgIpc) is 3.11. The average molecular weight is 327 g/mol. The van der Waals surface area contributed by atoms with Crippen LogP contribution in [0.25, 0.3) is 0 Å². The molecule has 0 radical (unpaired) electrons. The lowest BCUT2D eigenvalue weighted by atomic mass is 9.74. The first-order chi connectivity index (χ1) is 11.8. The lowest BCUT2D eigenvalue weighted by Crippen LogP contribution is -2.26. The predicted octanol–water partition coefficient (Wildman–Crippen LogP) is 6.53. The summed E-state index contributed by atoms with van der Waals surface area (Å²) in [6.45, 7) is 2.27. The first-order valence-corrected chi connectivity index (χ1v) is 10.4. The largest absolute Gasteiger partial charge is 0.299 e. The number of hydrogen-bond acceptors (Lipinski definition) is 1. The maximum Gasteiger partial charge on any atom is 0.139 e. The maximum atomic E-state index is 12.9. The van der Waals surface area contributed by atoms with Gasteiger partial charge in [0.2, 0.25) is 0 Å². The van der Waals surface area contributed by atoms with Crippen molar-refractivity contribution >= 4 is 5.78 Å². The van der Waals surface area contributed by atoms with Crippen LogP contribution in [-0.2, 0) is 4.79 Å². The summed E-state index contributed by atoms with van der Waals surface area (Å²) < 4.78 is 0. The second kappa shape index (κ2) is 8.83. The Kier molecular flexibility index (Phi) is 6.51. The van der Waals surface area contributed by atoms with E-state index < -0.39 is 0 Å². The molecule has 2 fully saturated rings. The van der Waals surface area contributed by atoms with E-state index in [1.807, 2.05) is 0 Å². The van der Waals surface area contributed by atoms with Crippen LogP contribution in [0.2, 0.25) is 0 Å². The van der Waals surface area contributed by atoms with Crippen molar-refractivity contribution in [2.24, 2.45) is 17.8 Å². The number of carbonyl (C=O) groups is 1. The standard InChI is InChI=1S/C23H34O/c1-2-3-5-8-18-11-12-22(17-18)23(24)21-15-13-20(14-16-21)19-9-6-4-7-10-19/h4,6-7,9-10,18,20-22H,2-3,5,8,11-17H2,1H3/t18-,20?,21?,22-/m0/s1. The Morgan fingerprint density at radius 1 is 0.917 bits per heavy atom. The van der Waals surface area contributed by atoms with Gasteiger partial charge in [-0.2, -0.15) is 0 Å². The minimum atomic E-state index is 0.365. The van der Waals surface area contributed by atoms with Gasteiger partial charge in [-0.05, 0) is 62.3 Å². The van der Waals surface area contributed by atoms with Crippen molar-refractivity contribution in [3.63, 3.8) is 0 Å². The number of ketones is 1. The Morgan fingerprint density at radius 3 is 2.33 bits per heavy atom. The van der Waals surface area contributed by atoms with Crippen LogP contribution in [0, 0.1) is 17.8 Å². The van der Waals surface area contributed by atoms with Crippen molar-refractivity contribution in [1.29, 1.82) is 0 Å². The monoisotopic (exact) mass is 326 g/mol.